The van der Waals surface area contributed by atoms with Crippen LogP contribution in [0.1, 0.15) is 24.1 Å². The van der Waals surface area contributed by atoms with Crippen LogP contribution < -0.4 is 0 Å². The zero-order valence-corrected chi connectivity index (χ0v) is 8.77. The lowest BCUT2D eigenvalue weighted by molar-refractivity contribution is -0.524. The molecule has 0 fully saturated rings. The van der Waals surface area contributed by atoms with E-state index in [1.165, 1.54) is 25.1 Å². The third kappa shape index (κ3) is 3.98. The van der Waals surface area contributed by atoms with Crippen LogP contribution >= 0.6 is 0 Å². The summed E-state index contributed by atoms with van der Waals surface area (Å²) in [4.78, 5) is 26.3. The van der Waals surface area contributed by atoms with E-state index in [0.717, 1.165) is 0 Å². The highest BCUT2D eigenvalue weighted by Crippen LogP contribution is 2.18. The standard InChI is InChI=1S/C9H10FNO2.CO2/c1-6-5-8(3-4-9(6)10)7(2)11(12)13;2-1-3/h3-5,7H,1-2H3;. The summed E-state index contributed by atoms with van der Waals surface area (Å²) in [5, 5.41) is 10.4. The molecular weight excluding hydrogens is 217 g/mol. The molecule has 0 aliphatic heterocycles. The first-order valence-corrected chi connectivity index (χ1v) is 4.32. The third-order valence-electron chi connectivity index (χ3n) is 1.98. The fourth-order valence-corrected chi connectivity index (χ4v) is 1.05. The second-order valence-electron chi connectivity index (χ2n) is 3.05. The molecular formula is C10H10FNO4. The molecule has 0 N–H and O–H groups in total. The maximum absolute atomic E-state index is 12.8. The maximum Gasteiger partial charge on any atom is 0.373 e. The molecule has 0 aromatic heterocycles. The molecule has 0 aliphatic carbocycles. The summed E-state index contributed by atoms with van der Waals surface area (Å²) >= 11 is 0. The molecule has 1 atom stereocenters. The van der Waals surface area contributed by atoms with Gasteiger partial charge in [0, 0.05) is 17.4 Å². The number of benzene rings is 1. The van der Waals surface area contributed by atoms with Crippen molar-refractivity contribution < 1.29 is 18.9 Å². The zero-order valence-electron chi connectivity index (χ0n) is 8.77. The number of nitrogens with zero attached hydrogens (tertiary/aromatic N) is 1. The Balaban J connectivity index is 0.000000673. The molecule has 0 heterocycles. The third-order valence-corrected chi connectivity index (χ3v) is 1.98. The number of halogens is 1. The van der Waals surface area contributed by atoms with Gasteiger partial charge in [-0.2, -0.15) is 9.59 Å². The molecule has 6 heteroatoms. The lowest BCUT2D eigenvalue weighted by Gasteiger charge is -2.04. The number of hydrogen-bond donors (Lipinski definition) is 0. The van der Waals surface area contributed by atoms with Crippen LogP contribution in [0.5, 0.6) is 0 Å². The lowest BCUT2D eigenvalue weighted by atomic mass is 10.1. The van der Waals surface area contributed by atoms with Crippen molar-refractivity contribution in [3.8, 4) is 0 Å². The summed E-state index contributed by atoms with van der Waals surface area (Å²) in [6.45, 7) is 3.07. The van der Waals surface area contributed by atoms with Crippen LogP contribution in [-0.2, 0) is 9.59 Å². The van der Waals surface area contributed by atoms with E-state index >= 15 is 0 Å². The van der Waals surface area contributed by atoms with Gasteiger partial charge in [0.1, 0.15) is 5.82 Å². The second kappa shape index (κ2) is 6.42. The van der Waals surface area contributed by atoms with E-state index in [0.29, 0.717) is 11.1 Å². The number of rotatable bonds is 2. The SMILES string of the molecule is Cc1cc(C(C)[N+](=O)[O-])ccc1F.O=C=O. The van der Waals surface area contributed by atoms with Gasteiger partial charge in [0.25, 0.3) is 0 Å². The lowest BCUT2D eigenvalue weighted by Crippen LogP contribution is -2.06. The van der Waals surface area contributed by atoms with E-state index in [1.54, 1.807) is 6.92 Å². The Morgan fingerprint density at radius 2 is 1.94 bits per heavy atom. The van der Waals surface area contributed by atoms with Crippen LogP contribution in [-0.4, -0.2) is 11.1 Å². The van der Waals surface area contributed by atoms with Crippen molar-refractivity contribution in [2.75, 3.05) is 0 Å². The monoisotopic (exact) mass is 227 g/mol. The Kier molecular flexibility index (Phi) is 5.59. The molecule has 0 saturated carbocycles. The summed E-state index contributed by atoms with van der Waals surface area (Å²) in [7, 11) is 0. The minimum atomic E-state index is -0.778. The van der Waals surface area contributed by atoms with Crippen LogP contribution in [0.4, 0.5) is 4.39 Å². The largest absolute Gasteiger partial charge is 0.373 e. The number of nitro groups is 1. The molecule has 0 radical (unpaired) electrons. The van der Waals surface area contributed by atoms with Gasteiger partial charge in [0.2, 0.25) is 6.04 Å². The van der Waals surface area contributed by atoms with Crippen molar-refractivity contribution in [1.29, 1.82) is 0 Å². The Labute approximate surface area is 91.0 Å². The van der Waals surface area contributed by atoms with Crippen LogP contribution in [0.15, 0.2) is 18.2 Å². The predicted octanol–water partition coefficient (Wildman–Crippen LogP) is 1.89. The molecule has 1 unspecified atom stereocenters. The highest BCUT2D eigenvalue weighted by molar-refractivity contribution is 5.25. The Bertz CT molecular complexity index is 413. The van der Waals surface area contributed by atoms with Gasteiger partial charge in [-0.1, -0.05) is 0 Å². The minimum Gasteiger partial charge on any atom is -0.264 e. The van der Waals surface area contributed by atoms with Crippen LogP contribution in [0.3, 0.4) is 0 Å². The Morgan fingerprint density at radius 1 is 1.44 bits per heavy atom. The van der Waals surface area contributed by atoms with Gasteiger partial charge >= 0.3 is 6.15 Å². The van der Waals surface area contributed by atoms with Gasteiger partial charge in [0.05, 0.1) is 0 Å². The maximum atomic E-state index is 12.8. The van der Waals surface area contributed by atoms with Gasteiger partial charge in [-0.15, -0.1) is 0 Å². The average Bonchev–Trinajstić information content (AvgIpc) is 2.22. The smallest absolute Gasteiger partial charge is 0.264 e. The average molecular weight is 227 g/mol. The first-order chi connectivity index (χ1) is 7.43. The van der Waals surface area contributed by atoms with E-state index < -0.39 is 11.0 Å². The quantitative estimate of drug-likeness (QED) is 0.571. The topological polar surface area (TPSA) is 77.3 Å². The molecule has 0 spiro atoms. The molecule has 0 saturated heterocycles. The summed E-state index contributed by atoms with van der Waals surface area (Å²) < 4.78 is 12.8. The van der Waals surface area contributed by atoms with Gasteiger partial charge in [-0.05, 0) is 30.7 Å². The molecule has 0 bridgehead atoms. The van der Waals surface area contributed by atoms with E-state index in [-0.39, 0.29) is 12.0 Å². The molecule has 16 heavy (non-hydrogen) atoms. The fourth-order valence-electron chi connectivity index (χ4n) is 1.05. The molecule has 0 amide bonds. The number of hydrogen-bond acceptors (Lipinski definition) is 4. The van der Waals surface area contributed by atoms with Crippen LogP contribution in [0, 0.1) is 22.9 Å². The van der Waals surface area contributed by atoms with E-state index in [9.17, 15) is 14.5 Å². The van der Waals surface area contributed by atoms with Gasteiger partial charge < -0.3 is 0 Å². The van der Waals surface area contributed by atoms with Gasteiger partial charge in [-0.25, -0.2) is 4.39 Å². The Hall–Kier alpha value is -2.07. The molecule has 1 aromatic carbocycles. The van der Waals surface area contributed by atoms with E-state index in [2.05, 4.69) is 0 Å². The van der Waals surface area contributed by atoms with Crippen molar-refractivity contribution in [3.63, 3.8) is 0 Å². The van der Waals surface area contributed by atoms with Crippen molar-refractivity contribution in [3.05, 3.63) is 45.3 Å². The second-order valence-corrected chi connectivity index (χ2v) is 3.05. The van der Waals surface area contributed by atoms with Crippen molar-refractivity contribution >= 4 is 6.15 Å². The predicted molar refractivity (Wildman–Crippen MR) is 51.6 cm³/mol. The first-order valence-electron chi connectivity index (χ1n) is 4.32. The highest BCUT2D eigenvalue weighted by atomic mass is 19.1. The van der Waals surface area contributed by atoms with Crippen LogP contribution in [0.25, 0.3) is 0 Å². The molecule has 1 aromatic rings. The van der Waals surface area contributed by atoms with E-state index in [1.807, 2.05) is 0 Å². The molecule has 86 valence electrons. The van der Waals surface area contributed by atoms with Crippen molar-refractivity contribution in [2.45, 2.75) is 19.9 Å². The summed E-state index contributed by atoms with van der Waals surface area (Å²) in [5.74, 6) is -0.334. The normalized spacial score (nSPS) is 10.7. The first kappa shape index (κ1) is 13.9. The van der Waals surface area contributed by atoms with Gasteiger partial charge in [-0.3, -0.25) is 10.1 Å². The summed E-state index contributed by atoms with van der Waals surface area (Å²) in [5.41, 5.74) is 0.968. The molecule has 1 rings (SSSR count). The summed E-state index contributed by atoms with van der Waals surface area (Å²) in [6, 6.07) is 3.42. The number of aryl methyl sites for hydroxylation is 1. The Morgan fingerprint density at radius 3 is 2.31 bits per heavy atom. The van der Waals surface area contributed by atoms with Gasteiger partial charge in [0.15, 0.2) is 0 Å². The number of carbonyl (C=O) groups excluding carboxylic acids is 2. The highest BCUT2D eigenvalue weighted by Gasteiger charge is 2.16. The molecule has 5 nitrogen and oxygen atoms in total. The minimum absolute atomic E-state index is 0.250. The van der Waals surface area contributed by atoms with Crippen molar-refractivity contribution in [2.24, 2.45) is 0 Å². The fraction of sp³-hybridized carbons (Fsp3) is 0.300. The summed E-state index contributed by atoms with van der Waals surface area (Å²) in [6.07, 6.45) is 0.250. The van der Waals surface area contributed by atoms with Crippen LogP contribution in [0.2, 0.25) is 0 Å². The van der Waals surface area contributed by atoms with E-state index in [4.69, 9.17) is 9.59 Å². The molecule has 0 aliphatic rings. The van der Waals surface area contributed by atoms with Crippen molar-refractivity contribution in [1.82, 2.24) is 0 Å². The zero-order chi connectivity index (χ0) is 12.7.